The Hall–Kier alpha value is -1.75. The molecule has 0 radical (unpaired) electrons. The van der Waals surface area contributed by atoms with Crippen molar-refractivity contribution in [1.29, 1.82) is 0 Å². The summed E-state index contributed by atoms with van der Waals surface area (Å²) in [5.74, 6) is -0.823. The van der Waals surface area contributed by atoms with Gasteiger partial charge in [0.2, 0.25) is 0 Å². The topological polar surface area (TPSA) is 29.9 Å². The normalized spacial score (nSPS) is 11.8. The molecule has 0 atom stereocenters. The molecule has 0 aliphatic heterocycles. The average Bonchev–Trinajstić information content (AvgIpc) is 2.79. The molecule has 3 nitrogen and oxygen atoms in total. The first kappa shape index (κ1) is 14.7. The van der Waals surface area contributed by atoms with Gasteiger partial charge in [-0.05, 0) is 26.8 Å². The van der Waals surface area contributed by atoms with Gasteiger partial charge in [-0.3, -0.25) is 0 Å². The van der Waals surface area contributed by atoms with Crippen LogP contribution in [0.1, 0.15) is 32.2 Å². The predicted molar refractivity (Wildman–Crippen MR) is 74.3 cm³/mol. The van der Waals surface area contributed by atoms with E-state index in [1.165, 1.54) is 6.07 Å². The summed E-state index contributed by atoms with van der Waals surface area (Å²) in [5.41, 5.74) is 0.293. The van der Waals surface area contributed by atoms with Crippen molar-refractivity contribution in [2.45, 2.75) is 39.4 Å². The Morgan fingerprint density at radius 1 is 1.25 bits per heavy atom. The minimum atomic E-state index is -0.822. The van der Waals surface area contributed by atoms with E-state index >= 15 is 0 Å². The number of nitrogens with one attached hydrogen (secondary N) is 1. The minimum Gasteiger partial charge on any atom is -0.329 e. The smallest absolute Gasteiger partial charge is 0.163 e. The Bertz CT molecular complexity index is 585. The highest BCUT2D eigenvalue weighted by atomic mass is 19.2. The quantitative estimate of drug-likeness (QED) is 0.932. The molecule has 5 heteroatoms. The van der Waals surface area contributed by atoms with Gasteiger partial charge in [0.15, 0.2) is 11.6 Å². The number of benzene rings is 1. The molecule has 2 aromatic rings. The van der Waals surface area contributed by atoms with Crippen molar-refractivity contribution in [2.24, 2.45) is 0 Å². The summed E-state index contributed by atoms with van der Waals surface area (Å²) in [5, 5.41) is 3.33. The van der Waals surface area contributed by atoms with Crippen molar-refractivity contribution < 1.29 is 8.78 Å². The van der Waals surface area contributed by atoms with Crippen LogP contribution in [-0.4, -0.2) is 15.1 Å². The van der Waals surface area contributed by atoms with Gasteiger partial charge in [-0.15, -0.1) is 0 Å². The fraction of sp³-hybridized carbons (Fsp3) is 0.400. The van der Waals surface area contributed by atoms with E-state index in [2.05, 4.69) is 31.1 Å². The van der Waals surface area contributed by atoms with Crippen LogP contribution in [0.4, 0.5) is 8.78 Å². The Balaban J connectivity index is 2.14. The van der Waals surface area contributed by atoms with Crippen LogP contribution in [0.3, 0.4) is 0 Å². The van der Waals surface area contributed by atoms with Crippen molar-refractivity contribution in [3.63, 3.8) is 0 Å². The molecule has 1 aromatic carbocycles. The molecule has 0 aliphatic carbocycles. The molecule has 0 unspecified atom stereocenters. The van der Waals surface area contributed by atoms with Crippen LogP contribution in [0.25, 0.3) is 0 Å². The summed E-state index contributed by atoms with van der Waals surface area (Å²) < 4.78 is 28.7. The molecule has 1 aromatic heterocycles. The van der Waals surface area contributed by atoms with E-state index in [1.54, 1.807) is 18.5 Å². The lowest BCUT2D eigenvalue weighted by Gasteiger charge is -2.20. The molecule has 0 saturated carbocycles. The summed E-state index contributed by atoms with van der Waals surface area (Å²) in [6, 6.07) is 4.21. The molecular weight excluding hydrogens is 260 g/mol. The lowest BCUT2D eigenvalue weighted by molar-refractivity contribution is 0.412. The van der Waals surface area contributed by atoms with Gasteiger partial charge >= 0.3 is 0 Å². The number of imidazole rings is 1. The van der Waals surface area contributed by atoms with Crippen LogP contribution < -0.4 is 5.32 Å². The molecule has 0 bridgehead atoms. The zero-order chi connectivity index (χ0) is 14.8. The molecular formula is C15H19F2N3. The third-order valence-corrected chi connectivity index (χ3v) is 2.95. The Kier molecular flexibility index (Phi) is 4.18. The van der Waals surface area contributed by atoms with Gasteiger partial charge in [-0.2, -0.15) is 0 Å². The van der Waals surface area contributed by atoms with E-state index in [-0.39, 0.29) is 12.1 Å². The van der Waals surface area contributed by atoms with Gasteiger partial charge in [0.1, 0.15) is 5.82 Å². The molecule has 2 rings (SSSR count). The molecule has 0 spiro atoms. The second-order valence-corrected chi connectivity index (χ2v) is 5.79. The zero-order valence-electron chi connectivity index (χ0n) is 12.0. The van der Waals surface area contributed by atoms with Crippen LogP contribution in [0.15, 0.2) is 30.6 Å². The molecule has 0 fully saturated rings. The van der Waals surface area contributed by atoms with E-state index < -0.39 is 11.6 Å². The largest absolute Gasteiger partial charge is 0.329 e. The molecule has 20 heavy (non-hydrogen) atoms. The third-order valence-electron chi connectivity index (χ3n) is 2.95. The van der Waals surface area contributed by atoms with Gasteiger partial charge in [0.25, 0.3) is 0 Å². The maximum atomic E-state index is 13.7. The van der Waals surface area contributed by atoms with Gasteiger partial charge < -0.3 is 9.88 Å². The number of hydrogen-bond donors (Lipinski definition) is 1. The number of halogens is 2. The van der Waals surface area contributed by atoms with Gasteiger partial charge in [-0.25, -0.2) is 13.8 Å². The number of rotatable bonds is 4. The molecule has 1 heterocycles. The van der Waals surface area contributed by atoms with Gasteiger partial charge in [0.05, 0.1) is 13.1 Å². The van der Waals surface area contributed by atoms with E-state index in [4.69, 9.17) is 0 Å². The van der Waals surface area contributed by atoms with Crippen LogP contribution in [0.5, 0.6) is 0 Å². The molecule has 0 aliphatic rings. The molecule has 1 N–H and O–H groups in total. The van der Waals surface area contributed by atoms with Crippen LogP contribution in [-0.2, 0) is 13.1 Å². The maximum absolute atomic E-state index is 13.7. The number of nitrogens with zero attached hydrogens (tertiary/aromatic N) is 2. The average molecular weight is 279 g/mol. The monoisotopic (exact) mass is 279 g/mol. The maximum Gasteiger partial charge on any atom is 0.163 e. The highest BCUT2D eigenvalue weighted by molar-refractivity contribution is 5.19. The highest BCUT2D eigenvalue weighted by Gasteiger charge is 2.13. The van der Waals surface area contributed by atoms with Gasteiger partial charge in [-0.1, -0.05) is 12.1 Å². The lowest BCUT2D eigenvalue weighted by Crippen LogP contribution is -2.36. The van der Waals surface area contributed by atoms with Crippen molar-refractivity contribution in [3.05, 3.63) is 53.6 Å². The van der Waals surface area contributed by atoms with Crippen LogP contribution >= 0.6 is 0 Å². The van der Waals surface area contributed by atoms with E-state index in [1.807, 2.05) is 4.57 Å². The first-order valence-corrected chi connectivity index (χ1v) is 6.55. The standard InChI is InChI=1S/C15H19F2N3/c1-15(2,3)19-9-13-18-7-8-20(13)10-11-5-4-6-12(16)14(11)17/h4-8,19H,9-10H2,1-3H3. The Morgan fingerprint density at radius 2 is 2.00 bits per heavy atom. The molecule has 108 valence electrons. The first-order valence-electron chi connectivity index (χ1n) is 6.55. The molecule has 0 saturated heterocycles. The van der Waals surface area contributed by atoms with E-state index in [0.717, 1.165) is 11.9 Å². The van der Waals surface area contributed by atoms with E-state index in [9.17, 15) is 8.78 Å². The first-order chi connectivity index (χ1) is 9.37. The lowest BCUT2D eigenvalue weighted by atomic mass is 10.1. The summed E-state index contributed by atoms with van der Waals surface area (Å²) in [6.45, 7) is 7.03. The molecule has 0 amide bonds. The SMILES string of the molecule is CC(C)(C)NCc1nccn1Cc1cccc(F)c1F. The highest BCUT2D eigenvalue weighted by Crippen LogP contribution is 2.14. The van der Waals surface area contributed by atoms with Gasteiger partial charge in [0, 0.05) is 23.5 Å². The Morgan fingerprint density at radius 3 is 2.70 bits per heavy atom. The Labute approximate surface area is 117 Å². The van der Waals surface area contributed by atoms with Crippen LogP contribution in [0, 0.1) is 11.6 Å². The predicted octanol–water partition coefficient (Wildman–Crippen LogP) is 3.10. The fourth-order valence-electron chi connectivity index (χ4n) is 1.85. The number of hydrogen-bond acceptors (Lipinski definition) is 2. The minimum absolute atomic E-state index is 0.0269. The van der Waals surface area contributed by atoms with Crippen molar-refractivity contribution in [3.8, 4) is 0 Å². The van der Waals surface area contributed by atoms with E-state index in [0.29, 0.717) is 12.1 Å². The second-order valence-electron chi connectivity index (χ2n) is 5.79. The van der Waals surface area contributed by atoms with Crippen molar-refractivity contribution in [1.82, 2.24) is 14.9 Å². The summed E-state index contributed by atoms with van der Waals surface area (Å²) in [4.78, 5) is 4.25. The summed E-state index contributed by atoms with van der Waals surface area (Å²) in [6.07, 6.45) is 3.43. The summed E-state index contributed by atoms with van der Waals surface area (Å²) in [7, 11) is 0. The fourth-order valence-corrected chi connectivity index (χ4v) is 1.85. The zero-order valence-corrected chi connectivity index (χ0v) is 12.0. The summed E-state index contributed by atoms with van der Waals surface area (Å²) >= 11 is 0. The van der Waals surface area contributed by atoms with Crippen molar-refractivity contribution in [2.75, 3.05) is 0 Å². The number of aromatic nitrogens is 2. The van der Waals surface area contributed by atoms with Crippen molar-refractivity contribution >= 4 is 0 Å². The third kappa shape index (κ3) is 3.63. The second kappa shape index (κ2) is 5.71. The van der Waals surface area contributed by atoms with Crippen LogP contribution in [0.2, 0.25) is 0 Å².